The molecule has 0 unspecified atom stereocenters. The first-order chi connectivity index (χ1) is 9.17. The number of hydrogen-bond acceptors (Lipinski definition) is 3. The molecule has 3 heteroatoms. The number of benzene rings is 2. The zero-order chi connectivity index (χ0) is 13.8. The molecule has 0 saturated carbocycles. The maximum atomic E-state index is 6.06. The van der Waals surface area contributed by atoms with Crippen LogP contribution in [0.4, 0.5) is 0 Å². The van der Waals surface area contributed by atoms with E-state index in [1.807, 2.05) is 24.3 Å². The number of rotatable bonds is 4. The lowest BCUT2D eigenvalue weighted by atomic mass is 10.1. The summed E-state index contributed by atoms with van der Waals surface area (Å²) in [4.78, 5) is 1.17. The largest absolute Gasteiger partial charge is 0.457 e. The maximum Gasteiger partial charge on any atom is 0.133 e. The summed E-state index contributed by atoms with van der Waals surface area (Å²) in [5.74, 6) is 1.75. The first kappa shape index (κ1) is 14.0. The van der Waals surface area contributed by atoms with Crippen molar-refractivity contribution >= 4 is 11.8 Å². The quantitative estimate of drug-likeness (QED) is 0.845. The summed E-state index contributed by atoms with van der Waals surface area (Å²) < 4.78 is 6.06. The highest BCUT2D eigenvalue weighted by molar-refractivity contribution is 7.98. The van der Waals surface area contributed by atoms with E-state index in [0.29, 0.717) is 6.54 Å². The van der Waals surface area contributed by atoms with Gasteiger partial charge < -0.3 is 10.5 Å². The number of ether oxygens (including phenoxy) is 1. The van der Waals surface area contributed by atoms with Crippen molar-refractivity contribution in [3.63, 3.8) is 0 Å². The van der Waals surface area contributed by atoms with E-state index in [1.165, 1.54) is 16.0 Å². The average Bonchev–Trinajstić information content (AvgIpc) is 2.43. The lowest BCUT2D eigenvalue weighted by Crippen LogP contribution is -2.02. The molecule has 0 radical (unpaired) electrons. The van der Waals surface area contributed by atoms with Gasteiger partial charge in [-0.2, -0.15) is 0 Å². The normalized spacial score (nSPS) is 10.5. The maximum absolute atomic E-state index is 6.06. The Morgan fingerprint density at radius 3 is 2.42 bits per heavy atom. The third-order valence-corrected chi connectivity index (χ3v) is 4.11. The van der Waals surface area contributed by atoms with Crippen LogP contribution in [0.25, 0.3) is 0 Å². The molecule has 2 aromatic carbocycles. The second kappa shape index (κ2) is 6.13. The zero-order valence-electron chi connectivity index (χ0n) is 11.6. The van der Waals surface area contributed by atoms with Crippen LogP contribution in [-0.2, 0) is 6.54 Å². The van der Waals surface area contributed by atoms with Crippen LogP contribution in [0.3, 0.4) is 0 Å². The van der Waals surface area contributed by atoms with Crippen molar-refractivity contribution in [2.24, 2.45) is 5.73 Å². The minimum Gasteiger partial charge on any atom is -0.457 e. The molecule has 0 bridgehead atoms. The van der Waals surface area contributed by atoms with E-state index >= 15 is 0 Å². The molecule has 2 aromatic rings. The number of thioether (sulfide) groups is 1. The van der Waals surface area contributed by atoms with Gasteiger partial charge in [0.15, 0.2) is 0 Å². The fourth-order valence-electron chi connectivity index (χ4n) is 1.99. The zero-order valence-corrected chi connectivity index (χ0v) is 12.4. The molecule has 2 nitrogen and oxygen atoms in total. The molecule has 0 spiro atoms. The Kier molecular flexibility index (Phi) is 4.51. The van der Waals surface area contributed by atoms with Crippen LogP contribution in [0.1, 0.15) is 16.7 Å². The van der Waals surface area contributed by atoms with Crippen molar-refractivity contribution in [3.05, 3.63) is 53.1 Å². The van der Waals surface area contributed by atoms with Gasteiger partial charge in [-0.1, -0.05) is 18.2 Å². The molecule has 0 aliphatic carbocycles. The van der Waals surface area contributed by atoms with Crippen molar-refractivity contribution in [1.29, 1.82) is 0 Å². The van der Waals surface area contributed by atoms with Crippen LogP contribution in [-0.4, -0.2) is 6.26 Å². The SMILES string of the molecule is CSc1cccc(Oc2cccc(C)c2C)c1CN. The summed E-state index contributed by atoms with van der Waals surface area (Å²) in [6, 6.07) is 12.1. The molecule has 0 aliphatic heterocycles. The minimum atomic E-state index is 0.483. The molecule has 100 valence electrons. The van der Waals surface area contributed by atoms with E-state index in [9.17, 15) is 0 Å². The van der Waals surface area contributed by atoms with Crippen LogP contribution in [0.2, 0.25) is 0 Å². The molecule has 19 heavy (non-hydrogen) atoms. The van der Waals surface area contributed by atoms with E-state index in [2.05, 4.69) is 32.2 Å². The van der Waals surface area contributed by atoms with Gasteiger partial charge in [-0.3, -0.25) is 0 Å². The average molecular weight is 273 g/mol. The van der Waals surface area contributed by atoms with E-state index in [-0.39, 0.29) is 0 Å². The third kappa shape index (κ3) is 2.94. The van der Waals surface area contributed by atoms with Crippen molar-refractivity contribution in [2.75, 3.05) is 6.26 Å². The highest BCUT2D eigenvalue weighted by Gasteiger charge is 2.10. The summed E-state index contributed by atoms with van der Waals surface area (Å²) in [6.45, 7) is 4.65. The van der Waals surface area contributed by atoms with Gasteiger partial charge >= 0.3 is 0 Å². The first-order valence-corrected chi connectivity index (χ1v) is 7.50. The Bertz CT molecular complexity index is 581. The summed E-state index contributed by atoms with van der Waals surface area (Å²) >= 11 is 1.69. The smallest absolute Gasteiger partial charge is 0.133 e. The molecule has 0 atom stereocenters. The summed E-state index contributed by atoms with van der Waals surface area (Å²) in [7, 11) is 0. The van der Waals surface area contributed by atoms with Gasteiger partial charge in [-0.25, -0.2) is 0 Å². The molecular formula is C16H19NOS. The second-order valence-electron chi connectivity index (χ2n) is 4.44. The van der Waals surface area contributed by atoms with Crippen molar-refractivity contribution in [1.82, 2.24) is 0 Å². The molecule has 0 amide bonds. The Hall–Kier alpha value is -1.45. The molecule has 0 saturated heterocycles. The number of aryl methyl sites for hydroxylation is 1. The van der Waals surface area contributed by atoms with E-state index in [1.54, 1.807) is 11.8 Å². The highest BCUT2D eigenvalue weighted by atomic mass is 32.2. The molecule has 0 fully saturated rings. The standard InChI is InChI=1S/C16H19NOS/c1-11-6-4-7-14(12(11)2)18-15-8-5-9-16(19-3)13(15)10-17/h4-9H,10,17H2,1-3H3. The van der Waals surface area contributed by atoms with Crippen LogP contribution in [0.15, 0.2) is 41.3 Å². The summed E-state index contributed by atoms with van der Waals surface area (Å²) in [6.07, 6.45) is 2.05. The van der Waals surface area contributed by atoms with Gasteiger partial charge in [-0.15, -0.1) is 11.8 Å². The van der Waals surface area contributed by atoms with Crippen LogP contribution in [0.5, 0.6) is 11.5 Å². The third-order valence-electron chi connectivity index (χ3n) is 3.29. The van der Waals surface area contributed by atoms with Crippen molar-refractivity contribution in [2.45, 2.75) is 25.3 Å². The molecule has 0 heterocycles. The van der Waals surface area contributed by atoms with Gasteiger partial charge in [0.25, 0.3) is 0 Å². The molecule has 0 aliphatic rings. The van der Waals surface area contributed by atoms with Crippen molar-refractivity contribution in [3.8, 4) is 11.5 Å². The first-order valence-electron chi connectivity index (χ1n) is 6.27. The highest BCUT2D eigenvalue weighted by Crippen LogP contribution is 2.33. The van der Waals surface area contributed by atoms with Gasteiger partial charge in [-0.05, 0) is 49.4 Å². The van der Waals surface area contributed by atoms with Crippen LogP contribution in [0, 0.1) is 13.8 Å². The molecular weight excluding hydrogens is 254 g/mol. The number of nitrogens with two attached hydrogens (primary N) is 1. The van der Waals surface area contributed by atoms with E-state index in [4.69, 9.17) is 10.5 Å². The summed E-state index contributed by atoms with van der Waals surface area (Å²) in [5, 5.41) is 0. The second-order valence-corrected chi connectivity index (χ2v) is 5.29. The Morgan fingerprint density at radius 1 is 1.05 bits per heavy atom. The molecule has 0 aromatic heterocycles. The van der Waals surface area contributed by atoms with E-state index in [0.717, 1.165) is 17.1 Å². The topological polar surface area (TPSA) is 35.2 Å². The van der Waals surface area contributed by atoms with Gasteiger partial charge in [0.2, 0.25) is 0 Å². The minimum absolute atomic E-state index is 0.483. The van der Waals surface area contributed by atoms with Gasteiger partial charge in [0.1, 0.15) is 11.5 Å². The van der Waals surface area contributed by atoms with Gasteiger partial charge in [0.05, 0.1) is 0 Å². The lowest BCUT2D eigenvalue weighted by Gasteiger charge is -2.15. The lowest BCUT2D eigenvalue weighted by molar-refractivity contribution is 0.470. The molecule has 2 rings (SSSR count). The Morgan fingerprint density at radius 2 is 1.74 bits per heavy atom. The van der Waals surface area contributed by atoms with Crippen molar-refractivity contribution < 1.29 is 4.74 Å². The van der Waals surface area contributed by atoms with Crippen LogP contribution >= 0.6 is 11.8 Å². The Labute approximate surface area is 119 Å². The fraction of sp³-hybridized carbons (Fsp3) is 0.250. The monoisotopic (exact) mass is 273 g/mol. The number of hydrogen-bond donors (Lipinski definition) is 1. The predicted octanol–water partition coefficient (Wildman–Crippen LogP) is 4.28. The van der Waals surface area contributed by atoms with E-state index < -0.39 is 0 Å². The van der Waals surface area contributed by atoms with Gasteiger partial charge in [0, 0.05) is 17.0 Å². The fourth-order valence-corrected chi connectivity index (χ4v) is 2.63. The molecule has 2 N–H and O–H groups in total. The predicted molar refractivity (Wildman–Crippen MR) is 82.1 cm³/mol. The van der Waals surface area contributed by atoms with Crippen LogP contribution < -0.4 is 10.5 Å². The Balaban J connectivity index is 2.41. The summed E-state index contributed by atoms with van der Waals surface area (Å²) in [5.41, 5.74) is 9.32.